The van der Waals surface area contributed by atoms with Gasteiger partial charge in [-0.25, -0.2) is 9.13 Å². The van der Waals surface area contributed by atoms with E-state index in [2.05, 4.69) is 41.5 Å². The van der Waals surface area contributed by atoms with Gasteiger partial charge in [0, 0.05) is 25.7 Å². The van der Waals surface area contributed by atoms with Gasteiger partial charge >= 0.3 is 39.5 Å². The smallest absolute Gasteiger partial charge is 0.462 e. The van der Waals surface area contributed by atoms with Crippen LogP contribution in [0.2, 0.25) is 0 Å². The van der Waals surface area contributed by atoms with Crippen LogP contribution in [0.25, 0.3) is 0 Å². The van der Waals surface area contributed by atoms with Crippen LogP contribution in [-0.4, -0.2) is 96.7 Å². The van der Waals surface area contributed by atoms with Crippen LogP contribution < -0.4 is 0 Å². The molecule has 0 aromatic rings. The number of carbonyl (C=O) groups is 4. The summed E-state index contributed by atoms with van der Waals surface area (Å²) in [6.07, 6.45) is 54.0. The predicted molar refractivity (Wildman–Crippen MR) is 381 cm³/mol. The molecule has 0 aromatic carbocycles. The fourth-order valence-corrected chi connectivity index (χ4v) is 13.0. The molecular formula is C75H146O17P2. The van der Waals surface area contributed by atoms with Crippen LogP contribution >= 0.6 is 15.6 Å². The summed E-state index contributed by atoms with van der Waals surface area (Å²) in [5.41, 5.74) is 0. The summed E-state index contributed by atoms with van der Waals surface area (Å²) in [5.74, 6) is -0.590. The Morgan fingerprint density at radius 2 is 0.543 bits per heavy atom. The van der Waals surface area contributed by atoms with E-state index in [4.69, 9.17) is 37.0 Å². The normalized spacial score (nSPS) is 14.3. The molecule has 0 amide bonds. The quantitative estimate of drug-likeness (QED) is 0.0222. The molecule has 6 atom stereocenters. The molecule has 0 heterocycles. The number of ether oxygens (including phenoxy) is 4. The average molecular weight is 1380 g/mol. The van der Waals surface area contributed by atoms with Gasteiger partial charge in [-0.1, -0.05) is 337 Å². The summed E-state index contributed by atoms with van der Waals surface area (Å²) in [5, 5.41) is 10.6. The molecule has 3 unspecified atom stereocenters. The maximum atomic E-state index is 13.1. The van der Waals surface area contributed by atoms with Crippen molar-refractivity contribution in [1.82, 2.24) is 0 Å². The monoisotopic (exact) mass is 1380 g/mol. The van der Waals surface area contributed by atoms with Crippen LogP contribution in [0.4, 0.5) is 0 Å². The highest BCUT2D eigenvalue weighted by Crippen LogP contribution is 2.45. The molecule has 0 bridgehead atoms. The molecule has 558 valence electrons. The van der Waals surface area contributed by atoms with Gasteiger partial charge in [-0.2, -0.15) is 0 Å². The molecule has 0 fully saturated rings. The van der Waals surface area contributed by atoms with Crippen LogP contribution in [0.5, 0.6) is 0 Å². The molecule has 0 radical (unpaired) electrons. The molecule has 94 heavy (non-hydrogen) atoms. The van der Waals surface area contributed by atoms with Gasteiger partial charge in [0.1, 0.15) is 19.3 Å². The second kappa shape index (κ2) is 66.9. The highest BCUT2D eigenvalue weighted by atomic mass is 31.2. The molecule has 0 aliphatic heterocycles. The Morgan fingerprint density at radius 1 is 0.309 bits per heavy atom. The zero-order valence-electron chi connectivity index (χ0n) is 61.3. The van der Waals surface area contributed by atoms with E-state index in [9.17, 15) is 43.2 Å². The van der Waals surface area contributed by atoms with Crippen molar-refractivity contribution in [3.8, 4) is 0 Å². The lowest BCUT2D eigenvalue weighted by molar-refractivity contribution is -0.161. The van der Waals surface area contributed by atoms with Gasteiger partial charge in [0.15, 0.2) is 12.2 Å². The highest BCUT2D eigenvalue weighted by molar-refractivity contribution is 7.47. The number of unbranched alkanes of at least 4 members (excludes halogenated alkanes) is 43. The maximum absolute atomic E-state index is 13.1. The first-order valence-corrected chi connectivity index (χ1v) is 42.0. The molecule has 0 aromatic heterocycles. The van der Waals surface area contributed by atoms with Gasteiger partial charge < -0.3 is 33.8 Å². The second-order valence-corrected chi connectivity index (χ2v) is 30.7. The van der Waals surface area contributed by atoms with E-state index in [1.165, 1.54) is 199 Å². The van der Waals surface area contributed by atoms with Crippen LogP contribution in [0.15, 0.2) is 0 Å². The molecule has 3 N–H and O–H groups in total. The molecular weight excluding hydrogens is 1230 g/mol. The van der Waals surface area contributed by atoms with E-state index < -0.39 is 97.5 Å². The van der Waals surface area contributed by atoms with Crippen molar-refractivity contribution >= 4 is 39.5 Å². The lowest BCUT2D eigenvalue weighted by atomic mass is 10.00. The Balaban J connectivity index is 5.25. The first kappa shape index (κ1) is 92.1. The summed E-state index contributed by atoms with van der Waals surface area (Å²) < 4.78 is 68.5. The van der Waals surface area contributed by atoms with Gasteiger partial charge in [0.25, 0.3) is 0 Å². The number of hydrogen-bond acceptors (Lipinski definition) is 15. The van der Waals surface area contributed by atoms with Gasteiger partial charge in [-0.15, -0.1) is 0 Å². The highest BCUT2D eigenvalue weighted by Gasteiger charge is 2.30. The molecule has 0 rings (SSSR count). The van der Waals surface area contributed by atoms with Crippen molar-refractivity contribution in [2.45, 2.75) is 407 Å². The van der Waals surface area contributed by atoms with Crippen molar-refractivity contribution < 1.29 is 80.2 Å². The molecule has 0 saturated carbocycles. The molecule has 0 spiro atoms. The third kappa shape index (κ3) is 67.3. The summed E-state index contributed by atoms with van der Waals surface area (Å²) in [6.45, 7) is 9.58. The fourth-order valence-electron chi connectivity index (χ4n) is 11.4. The average Bonchev–Trinajstić information content (AvgIpc) is 3.54. The summed E-state index contributed by atoms with van der Waals surface area (Å²) in [7, 11) is -9.91. The van der Waals surface area contributed by atoms with Gasteiger partial charge in [-0.05, 0) is 37.5 Å². The minimum atomic E-state index is -4.96. The topological polar surface area (TPSA) is 237 Å². The lowest BCUT2D eigenvalue weighted by Crippen LogP contribution is -2.30. The predicted octanol–water partition coefficient (Wildman–Crippen LogP) is 21.9. The Bertz CT molecular complexity index is 1820. The zero-order valence-corrected chi connectivity index (χ0v) is 63.1. The van der Waals surface area contributed by atoms with E-state index in [0.717, 1.165) is 108 Å². The van der Waals surface area contributed by atoms with Gasteiger partial charge in [0.05, 0.1) is 26.4 Å². The SMILES string of the molecule is CCCCCCCCCCCCCCCCCC(=O)OC[C@H](COP(=O)(O)OC[C@@H](O)COP(=O)(O)OC[C@@H](COC(=O)CCCCCCCCC(C)CC)OC(=O)CCCCCCCCCCCCCC)OC(=O)CCCCCCCCCCCCCCCCC(C)C. The summed E-state index contributed by atoms with van der Waals surface area (Å²) in [6, 6.07) is 0. The molecule has 19 heteroatoms. The van der Waals surface area contributed by atoms with E-state index in [1.807, 2.05) is 0 Å². The van der Waals surface area contributed by atoms with Crippen molar-refractivity contribution in [3.63, 3.8) is 0 Å². The Hall–Kier alpha value is -1.94. The Kier molecular flexibility index (Phi) is 65.5. The number of carbonyl (C=O) groups excluding carboxylic acids is 4. The minimum absolute atomic E-state index is 0.107. The van der Waals surface area contributed by atoms with E-state index in [-0.39, 0.29) is 25.7 Å². The van der Waals surface area contributed by atoms with Crippen molar-refractivity contribution in [1.29, 1.82) is 0 Å². The molecule has 0 aliphatic carbocycles. The zero-order chi connectivity index (χ0) is 69.3. The van der Waals surface area contributed by atoms with E-state index >= 15 is 0 Å². The van der Waals surface area contributed by atoms with Crippen LogP contribution in [0.1, 0.15) is 388 Å². The minimum Gasteiger partial charge on any atom is -0.462 e. The standard InChI is InChI=1S/C75H146O17P2/c1-7-10-12-14-16-18-20-22-23-27-31-34-38-45-51-57-72(77)85-63-70(91-75(80)60-54-48-40-36-32-28-25-24-26-29-33-37-43-49-55-67(4)5)65-89-93(81,82)87-61-69(76)62-88-94(83,84)90-66-71(64-86-73(78)58-52-46-42-41-44-50-56-68(6)9-3)92-74(79)59-53-47-39-35-30-21-19-17-15-13-11-8-2/h67-71,76H,7-66H2,1-6H3,(H,81,82)(H,83,84)/t68?,69-,70-,71-/m1/s1. The number of phosphoric ester groups is 2. The number of aliphatic hydroxyl groups excluding tert-OH is 1. The van der Waals surface area contributed by atoms with Crippen LogP contribution in [-0.2, 0) is 65.4 Å². The second-order valence-electron chi connectivity index (χ2n) is 27.8. The first-order chi connectivity index (χ1) is 45.4. The molecule has 0 saturated heterocycles. The Morgan fingerprint density at radius 3 is 0.809 bits per heavy atom. The van der Waals surface area contributed by atoms with Crippen LogP contribution in [0, 0.1) is 11.8 Å². The van der Waals surface area contributed by atoms with E-state index in [0.29, 0.717) is 25.7 Å². The third-order valence-corrected chi connectivity index (χ3v) is 19.7. The van der Waals surface area contributed by atoms with Crippen molar-refractivity contribution in [3.05, 3.63) is 0 Å². The largest absolute Gasteiger partial charge is 0.472 e. The number of rotatable bonds is 74. The summed E-state index contributed by atoms with van der Waals surface area (Å²) in [4.78, 5) is 72.8. The number of phosphoric acid groups is 2. The summed E-state index contributed by atoms with van der Waals surface area (Å²) >= 11 is 0. The molecule has 17 nitrogen and oxygen atoms in total. The number of aliphatic hydroxyl groups is 1. The Labute approximate surface area is 575 Å². The van der Waals surface area contributed by atoms with Gasteiger partial charge in [-0.3, -0.25) is 37.3 Å². The third-order valence-electron chi connectivity index (χ3n) is 17.8. The molecule has 0 aliphatic rings. The van der Waals surface area contributed by atoms with E-state index in [1.54, 1.807) is 0 Å². The maximum Gasteiger partial charge on any atom is 0.472 e. The number of esters is 4. The van der Waals surface area contributed by atoms with Crippen LogP contribution in [0.3, 0.4) is 0 Å². The van der Waals surface area contributed by atoms with Crippen molar-refractivity contribution in [2.75, 3.05) is 39.6 Å². The number of hydrogen-bond donors (Lipinski definition) is 3. The van der Waals surface area contributed by atoms with Crippen molar-refractivity contribution in [2.24, 2.45) is 11.8 Å². The first-order valence-electron chi connectivity index (χ1n) is 39.0. The van der Waals surface area contributed by atoms with Gasteiger partial charge in [0.2, 0.25) is 0 Å². The lowest BCUT2D eigenvalue weighted by Gasteiger charge is -2.21. The fraction of sp³-hybridized carbons (Fsp3) is 0.947.